The topological polar surface area (TPSA) is 138 Å². The van der Waals surface area contributed by atoms with Crippen LogP contribution in [0.15, 0.2) is 36.9 Å². The Morgan fingerprint density at radius 1 is 0.875 bits per heavy atom. The van der Waals surface area contributed by atoms with Crippen LogP contribution < -0.4 is 15.1 Å². The molecule has 338 valence electrons. The van der Waals surface area contributed by atoms with Crippen LogP contribution in [0.5, 0.6) is 0 Å². The fourth-order valence-electron chi connectivity index (χ4n) is 13.5. The van der Waals surface area contributed by atoms with Gasteiger partial charge in [-0.25, -0.2) is 18.7 Å². The second-order valence-corrected chi connectivity index (χ2v) is 22.0. The van der Waals surface area contributed by atoms with E-state index in [0.29, 0.717) is 48.7 Å². The van der Waals surface area contributed by atoms with Crippen LogP contribution in [0, 0.1) is 27.6 Å². The highest BCUT2D eigenvalue weighted by molar-refractivity contribution is 5.94. The molecule has 7 heterocycles. The predicted octanol–water partition coefficient (Wildman–Crippen LogP) is 6.63. The normalized spacial score (nSPS) is 22.9. The molecule has 2 spiro atoms. The van der Waals surface area contributed by atoms with Gasteiger partial charge in [0.25, 0.3) is 12.3 Å². The van der Waals surface area contributed by atoms with Gasteiger partial charge < -0.3 is 24.9 Å². The second kappa shape index (κ2) is 14.3. The molecule has 0 unspecified atom stereocenters. The zero-order valence-corrected chi connectivity index (χ0v) is 37.8. The molecule has 1 N–H and O–H groups in total. The van der Waals surface area contributed by atoms with Gasteiger partial charge in [0.2, 0.25) is 17.8 Å². The van der Waals surface area contributed by atoms with Gasteiger partial charge in [0.1, 0.15) is 0 Å². The fraction of sp³-hybridized carbons (Fsp3) is 0.604. The maximum absolute atomic E-state index is 14.7. The maximum Gasteiger partial charge on any atom is 0.264 e. The Kier molecular flexibility index (Phi) is 9.22. The highest BCUT2D eigenvalue weighted by Crippen LogP contribution is 2.58. The number of carbonyl (C=O) groups excluding carboxylic acids is 3. The van der Waals surface area contributed by atoms with Crippen molar-refractivity contribution in [3.05, 3.63) is 64.9 Å². The number of likely N-dealkylation sites (tertiary alicyclic amines) is 1. The van der Waals surface area contributed by atoms with Crippen LogP contribution in [0.3, 0.4) is 0 Å². The second-order valence-electron chi connectivity index (χ2n) is 22.0. The van der Waals surface area contributed by atoms with Crippen LogP contribution in [0.2, 0.25) is 0 Å². The molecule has 0 radical (unpaired) electrons. The van der Waals surface area contributed by atoms with Gasteiger partial charge in [-0.2, -0.15) is 10.2 Å². The third-order valence-corrected chi connectivity index (χ3v) is 16.1. The Morgan fingerprint density at radius 2 is 1.58 bits per heavy atom. The molecule has 3 aliphatic carbocycles. The summed E-state index contributed by atoms with van der Waals surface area (Å²) in [5.41, 5.74) is 5.86. The average molecular weight is 876 g/mol. The summed E-state index contributed by atoms with van der Waals surface area (Å²) in [5, 5.41) is 12.8. The lowest BCUT2D eigenvalue weighted by Crippen LogP contribution is -2.68. The summed E-state index contributed by atoms with van der Waals surface area (Å²) in [6, 6.07) is 3.83. The molecule has 3 saturated carbocycles. The van der Waals surface area contributed by atoms with Crippen molar-refractivity contribution in [2.24, 2.45) is 34.6 Å². The van der Waals surface area contributed by atoms with E-state index in [1.165, 1.54) is 0 Å². The maximum atomic E-state index is 14.7. The lowest BCUT2D eigenvalue weighted by molar-refractivity contribution is -0.167. The molecular formula is C48H59F2N11O3. The summed E-state index contributed by atoms with van der Waals surface area (Å²) in [4.78, 5) is 56.7. The minimum atomic E-state index is -2.66. The van der Waals surface area contributed by atoms with E-state index in [1.807, 2.05) is 11.0 Å². The molecule has 5 fully saturated rings. The Bertz CT molecular complexity index is 2540. The molecule has 0 bridgehead atoms. The van der Waals surface area contributed by atoms with Gasteiger partial charge in [0.15, 0.2) is 5.82 Å². The zero-order valence-electron chi connectivity index (χ0n) is 37.8. The minimum absolute atomic E-state index is 0.0111. The fourth-order valence-corrected chi connectivity index (χ4v) is 13.5. The van der Waals surface area contributed by atoms with Gasteiger partial charge in [-0.3, -0.25) is 23.7 Å². The number of nitrogens with zero attached hydrogens (tertiary/aromatic N) is 10. The number of rotatable bonds is 8. The third kappa shape index (κ3) is 6.62. The van der Waals surface area contributed by atoms with Crippen molar-refractivity contribution in [2.75, 3.05) is 49.1 Å². The number of benzene rings is 1. The predicted molar refractivity (Wildman–Crippen MR) is 236 cm³/mol. The van der Waals surface area contributed by atoms with E-state index < -0.39 is 6.43 Å². The number of halogens is 2. The summed E-state index contributed by atoms with van der Waals surface area (Å²) >= 11 is 0. The summed E-state index contributed by atoms with van der Waals surface area (Å²) in [6.07, 6.45) is 11.0. The molecule has 3 aromatic heterocycles. The van der Waals surface area contributed by atoms with E-state index >= 15 is 0 Å². The first kappa shape index (κ1) is 41.3. The highest BCUT2D eigenvalue weighted by atomic mass is 19.3. The number of alkyl halides is 2. The SMILES string of the molecule is CC(=O)N1CCc2c(c(N3CCCc4cc(-c5cnn(C)c5)c(C(F)F)cc43)nn2C2CC3(C2)CN(C(=O)C2CC4(C2)CN(c2ncc(C(=O)NC5C(C)(C)CC5(C)C)cn2)C4)C3)C1. The summed E-state index contributed by atoms with van der Waals surface area (Å²) < 4.78 is 33.3. The van der Waals surface area contributed by atoms with Crippen molar-refractivity contribution in [1.29, 1.82) is 0 Å². The molecule has 4 aromatic rings. The number of aryl methyl sites for hydroxylation is 2. The summed E-state index contributed by atoms with van der Waals surface area (Å²) in [6.45, 7) is 15.2. The van der Waals surface area contributed by atoms with Gasteiger partial charge in [-0.1, -0.05) is 27.7 Å². The molecule has 64 heavy (non-hydrogen) atoms. The standard InChI is InChI=1S/C48H59F2N11O3/c1-28(62)57-11-9-37-36(22-57)40(60-10-7-8-29-12-34(32-20-53-56(6)21-32)35(39(49)50)13-38(29)60)55-61(37)33-16-48(17-33)24-58(25-48)42(64)30-14-47(15-30)26-59(27-47)44-51-18-31(19-52-44)41(63)54-43-45(2,3)23-46(43,4)5/h12-13,18-21,30,33,39,43H,7-11,14-17,22-27H2,1-6H3,(H,54,63). The average Bonchev–Trinajstić information content (AvgIpc) is 3.80. The van der Waals surface area contributed by atoms with Crippen LogP contribution in [0.4, 0.5) is 26.2 Å². The number of aromatic nitrogens is 6. The van der Waals surface area contributed by atoms with Crippen LogP contribution in [-0.4, -0.2) is 102 Å². The van der Waals surface area contributed by atoms with E-state index in [2.05, 4.69) is 67.5 Å². The van der Waals surface area contributed by atoms with Gasteiger partial charge in [0.05, 0.1) is 24.3 Å². The number of hydrogen-bond acceptors (Lipinski definition) is 9. The van der Waals surface area contributed by atoms with Gasteiger partial charge >= 0.3 is 0 Å². The number of amides is 3. The molecule has 11 rings (SSSR count). The molecule has 4 aliphatic heterocycles. The lowest BCUT2D eigenvalue weighted by atomic mass is 9.52. The van der Waals surface area contributed by atoms with Crippen molar-refractivity contribution in [2.45, 2.75) is 111 Å². The number of fused-ring (bicyclic) bond motifs is 2. The van der Waals surface area contributed by atoms with Crippen molar-refractivity contribution >= 4 is 35.2 Å². The van der Waals surface area contributed by atoms with Crippen LogP contribution >= 0.6 is 0 Å². The molecule has 7 aliphatic rings. The van der Waals surface area contributed by atoms with Crippen LogP contribution in [0.25, 0.3) is 11.1 Å². The Labute approximate surface area is 372 Å². The first-order chi connectivity index (χ1) is 30.4. The van der Waals surface area contributed by atoms with Crippen LogP contribution in [0.1, 0.15) is 118 Å². The van der Waals surface area contributed by atoms with E-state index in [1.54, 1.807) is 49.5 Å². The molecular weight excluding hydrogens is 817 g/mol. The monoisotopic (exact) mass is 875 g/mol. The molecule has 14 nitrogen and oxygen atoms in total. The molecule has 16 heteroatoms. The van der Waals surface area contributed by atoms with E-state index in [-0.39, 0.29) is 62.9 Å². The summed E-state index contributed by atoms with van der Waals surface area (Å²) in [5.74, 6) is 1.58. The largest absolute Gasteiger partial charge is 0.348 e. The highest BCUT2D eigenvalue weighted by Gasteiger charge is 2.60. The van der Waals surface area contributed by atoms with Gasteiger partial charge in [-0.15, -0.1) is 0 Å². The number of carbonyl (C=O) groups is 3. The quantitative estimate of drug-likeness (QED) is 0.207. The Hall–Kier alpha value is -5.41. The van der Waals surface area contributed by atoms with E-state index in [0.717, 1.165) is 99.5 Å². The first-order valence-corrected chi connectivity index (χ1v) is 23.1. The van der Waals surface area contributed by atoms with Crippen LogP contribution in [-0.2, 0) is 36.0 Å². The molecule has 3 amide bonds. The van der Waals surface area contributed by atoms with Crippen molar-refractivity contribution < 1.29 is 23.2 Å². The Morgan fingerprint density at radius 3 is 2.22 bits per heavy atom. The van der Waals surface area contributed by atoms with E-state index in [4.69, 9.17) is 5.10 Å². The molecule has 0 atom stereocenters. The van der Waals surface area contributed by atoms with Crippen molar-refractivity contribution in [3.8, 4) is 11.1 Å². The zero-order chi connectivity index (χ0) is 44.7. The van der Waals surface area contributed by atoms with Crippen molar-refractivity contribution in [3.63, 3.8) is 0 Å². The lowest BCUT2D eigenvalue weighted by Gasteiger charge is -2.62. The summed E-state index contributed by atoms with van der Waals surface area (Å²) in [7, 11) is 1.78. The number of nitrogens with one attached hydrogen (secondary N) is 1. The third-order valence-electron chi connectivity index (χ3n) is 16.1. The van der Waals surface area contributed by atoms with Gasteiger partial charge in [0, 0.05) is 129 Å². The van der Waals surface area contributed by atoms with Crippen molar-refractivity contribution in [1.82, 2.24) is 44.6 Å². The minimum Gasteiger partial charge on any atom is -0.348 e. The molecule has 1 aromatic carbocycles. The van der Waals surface area contributed by atoms with E-state index in [9.17, 15) is 23.2 Å². The number of hydrogen-bond donors (Lipinski definition) is 1. The Balaban J connectivity index is 0.718. The first-order valence-electron chi connectivity index (χ1n) is 23.1. The number of anilines is 3. The smallest absolute Gasteiger partial charge is 0.264 e. The van der Waals surface area contributed by atoms with Gasteiger partial charge in [-0.05, 0) is 79.0 Å². The molecule has 2 saturated heterocycles.